The van der Waals surface area contributed by atoms with Crippen molar-refractivity contribution in [3.8, 4) is 0 Å². The van der Waals surface area contributed by atoms with Gasteiger partial charge in [0, 0.05) is 0 Å². The number of hydrogen-bond acceptors (Lipinski definition) is 3. The average Bonchev–Trinajstić information content (AvgIpc) is 2.66. The maximum absolute atomic E-state index is 12.3. The molecule has 0 bridgehead atoms. The lowest BCUT2D eigenvalue weighted by Crippen LogP contribution is -2.36. The highest BCUT2D eigenvalue weighted by Crippen LogP contribution is 2.29. The summed E-state index contributed by atoms with van der Waals surface area (Å²) in [6, 6.07) is 16.8. The third-order valence-corrected chi connectivity index (χ3v) is 5.69. The molecule has 2 atom stereocenters. The van der Waals surface area contributed by atoms with E-state index in [-0.39, 0.29) is 23.8 Å². The molecule has 2 aromatic rings. The largest absolute Gasteiger partial charge is 0.393 e. The van der Waals surface area contributed by atoms with Gasteiger partial charge >= 0.3 is 11.9 Å². The molecule has 0 aliphatic carbocycles. The zero-order chi connectivity index (χ0) is 20.3. The summed E-state index contributed by atoms with van der Waals surface area (Å²) in [5.74, 6) is -0.325. The van der Waals surface area contributed by atoms with Gasteiger partial charge in [0.1, 0.15) is 0 Å². The summed E-state index contributed by atoms with van der Waals surface area (Å²) in [4.78, 5) is 24.5. The summed E-state index contributed by atoms with van der Waals surface area (Å²) >= 11 is 0. The highest BCUT2D eigenvalue weighted by molar-refractivity contribution is 5.91. The molecule has 1 heterocycles. The van der Waals surface area contributed by atoms with Crippen molar-refractivity contribution in [2.24, 2.45) is 11.8 Å². The molecule has 0 N–H and O–H groups in total. The van der Waals surface area contributed by atoms with Gasteiger partial charge in [-0.25, -0.2) is 0 Å². The lowest BCUT2D eigenvalue weighted by atomic mass is 9.84. The van der Waals surface area contributed by atoms with Crippen molar-refractivity contribution in [2.45, 2.75) is 58.8 Å². The van der Waals surface area contributed by atoms with Gasteiger partial charge in [0.2, 0.25) is 0 Å². The molecule has 0 spiro atoms. The molecule has 0 saturated carbocycles. The second-order valence-corrected chi connectivity index (χ2v) is 8.57. The first-order valence-corrected chi connectivity index (χ1v) is 10.3. The van der Waals surface area contributed by atoms with Crippen LogP contribution in [0.3, 0.4) is 0 Å². The Hall–Kier alpha value is -2.42. The summed E-state index contributed by atoms with van der Waals surface area (Å²) in [7, 11) is 0. The third-order valence-electron chi connectivity index (χ3n) is 5.69. The molecule has 0 amide bonds. The number of esters is 2. The fourth-order valence-electron chi connectivity index (χ4n) is 3.78. The molecule has 0 aromatic heterocycles. The molecular formula is C25H30O3. The van der Waals surface area contributed by atoms with Crippen molar-refractivity contribution >= 4 is 11.9 Å². The zero-order valence-corrected chi connectivity index (χ0v) is 17.3. The number of carbonyl (C=O) groups excluding carboxylic acids is 2. The highest BCUT2D eigenvalue weighted by atomic mass is 16.6. The molecule has 3 rings (SSSR count). The van der Waals surface area contributed by atoms with Gasteiger partial charge < -0.3 is 4.74 Å². The number of rotatable bonds is 6. The first kappa shape index (κ1) is 20.3. The molecule has 3 heteroatoms. The Kier molecular flexibility index (Phi) is 6.33. The van der Waals surface area contributed by atoms with Gasteiger partial charge in [-0.05, 0) is 53.4 Å². The molecule has 2 aromatic carbocycles. The lowest BCUT2D eigenvalue weighted by molar-refractivity contribution is -0.171. The minimum absolute atomic E-state index is 0.262. The van der Waals surface area contributed by atoms with Crippen molar-refractivity contribution in [2.75, 3.05) is 0 Å². The Bertz CT molecular complexity index is 746. The van der Waals surface area contributed by atoms with Gasteiger partial charge in [-0.1, -0.05) is 76.2 Å². The van der Waals surface area contributed by atoms with E-state index in [4.69, 9.17) is 4.74 Å². The standard InChI is InChI=1S/C25H30O3/c1-16(2)20-9-5-18(6-10-20)13-22-15-23(25(27)28-24(22)26)14-19-7-11-21(12-8-19)17(3)4/h5-12,16-17,22-23H,13-15H2,1-4H3/t22-,23-/m1/s1. The molecule has 28 heavy (non-hydrogen) atoms. The van der Waals surface area contributed by atoms with E-state index in [0.717, 1.165) is 11.1 Å². The summed E-state index contributed by atoms with van der Waals surface area (Å²) < 4.78 is 5.10. The van der Waals surface area contributed by atoms with Crippen LogP contribution in [0.15, 0.2) is 48.5 Å². The molecule has 1 aliphatic rings. The minimum Gasteiger partial charge on any atom is -0.393 e. The molecule has 3 nitrogen and oxygen atoms in total. The van der Waals surface area contributed by atoms with Crippen molar-refractivity contribution in [3.63, 3.8) is 0 Å². The fraction of sp³-hybridized carbons (Fsp3) is 0.440. The van der Waals surface area contributed by atoms with Gasteiger partial charge in [-0.15, -0.1) is 0 Å². The summed E-state index contributed by atoms with van der Waals surface area (Å²) in [6.45, 7) is 8.66. The summed E-state index contributed by atoms with van der Waals surface area (Å²) in [5, 5.41) is 0. The Labute approximate surface area is 168 Å². The minimum atomic E-state index is -0.385. The SMILES string of the molecule is CC(C)c1ccc(C[C@@H]2C[C@@H](Cc3ccc(C(C)C)cc3)C(=O)OC2=O)cc1. The van der Waals surface area contributed by atoms with Gasteiger partial charge in [0.05, 0.1) is 11.8 Å². The predicted octanol–water partition coefficient (Wildman–Crippen LogP) is 5.42. The van der Waals surface area contributed by atoms with Crippen molar-refractivity contribution in [3.05, 3.63) is 70.8 Å². The van der Waals surface area contributed by atoms with E-state index in [2.05, 4.69) is 76.2 Å². The number of carbonyl (C=O) groups is 2. The van der Waals surface area contributed by atoms with Gasteiger partial charge in [0.25, 0.3) is 0 Å². The van der Waals surface area contributed by atoms with Crippen LogP contribution < -0.4 is 0 Å². The second-order valence-electron chi connectivity index (χ2n) is 8.57. The lowest BCUT2D eigenvalue weighted by Gasteiger charge is -2.26. The molecule has 0 unspecified atom stereocenters. The first-order chi connectivity index (χ1) is 13.3. The Morgan fingerprint density at radius 3 is 1.39 bits per heavy atom. The van der Waals surface area contributed by atoms with Crippen molar-refractivity contribution in [1.29, 1.82) is 0 Å². The van der Waals surface area contributed by atoms with Crippen LogP contribution in [0.2, 0.25) is 0 Å². The molecule has 1 saturated heterocycles. The topological polar surface area (TPSA) is 43.4 Å². The average molecular weight is 379 g/mol. The van der Waals surface area contributed by atoms with E-state index in [1.54, 1.807) is 0 Å². The number of cyclic esters (lactones) is 2. The maximum atomic E-state index is 12.3. The van der Waals surface area contributed by atoms with Gasteiger partial charge in [0.15, 0.2) is 0 Å². The van der Waals surface area contributed by atoms with Gasteiger partial charge in [-0.2, -0.15) is 0 Å². The van der Waals surface area contributed by atoms with Crippen LogP contribution >= 0.6 is 0 Å². The van der Waals surface area contributed by atoms with E-state index < -0.39 is 0 Å². The van der Waals surface area contributed by atoms with Crippen LogP contribution in [0.4, 0.5) is 0 Å². The number of ether oxygens (including phenoxy) is 1. The maximum Gasteiger partial charge on any atom is 0.316 e. The number of hydrogen-bond donors (Lipinski definition) is 0. The quantitative estimate of drug-likeness (QED) is 0.498. The highest BCUT2D eigenvalue weighted by Gasteiger charge is 2.36. The van der Waals surface area contributed by atoms with Crippen LogP contribution in [0.25, 0.3) is 0 Å². The Morgan fingerprint density at radius 2 is 1.07 bits per heavy atom. The van der Waals surface area contributed by atoms with Gasteiger partial charge in [-0.3, -0.25) is 9.59 Å². The van der Waals surface area contributed by atoms with Crippen LogP contribution in [-0.2, 0) is 27.2 Å². The third kappa shape index (κ3) is 4.89. The summed E-state index contributed by atoms with van der Waals surface area (Å²) in [6.07, 6.45) is 1.79. The number of benzene rings is 2. The molecule has 148 valence electrons. The van der Waals surface area contributed by atoms with Crippen molar-refractivity contribution < 1.29 is 14.3 Å². The Balaban J connectivity index is 1.66. The van der Waals surface area contributed by atoms with Crippen LogP contribution in [0.5, 0.6) is 0 Å². The second kappa shape index (κ2) is 8.72. The van der Waals surface area contributed by atoms with Crippen molar-refractivity contribution in [1.82, 2.24) is 0 Å². The fourth-order valence-corrected chi connectivity index (χ4v) is 3.78. The smallest absolute Gasteiger partial charge is 0.316 e. The first-order valence-electron chi connectivity index (χ1n) is 10.3. The van der Waals surface area contributed by atoms with Crippen LogP contribution in [-0.4, -0.2) is 11.9 Å². The van der Waals surface area contributed by atoms with E-state index >= 15 is 0 Å². The molecule has 1 aliphatic heterocycles. The van der Waals surface area contributed by atoms with E-state index in [9.17, 15) is 9.59 Å². The predicted molar refractivity (Wildman–Crippen MR) is 111 cm³/mol. The van der Waals surface area contributed by atoms with Crippen LogP contribution in [0, 0.1) is 11.8 Å². The van der Waals surface area contributed by atoms with E-state index in [1.807, 2.05) is 0 Å². The van der Waals surface area contributed by atoms with E-state index in [0.29, 0.717) is 31.1 Å². The van der Waals surface area contributed by atoms with Crippen LogP contribution in [0.1, 0.15) is 68.2 Å². The summed E-state index contributed by atoms with van der Waals surface area (Å²) in [5.41, 5.74) is 4.79. The van der Waals surface area contributed by atoms with E-state index in [1.165, 1.54) is 11.1 Å². The Morgan fingerprint density at radius 1 is 0.714 bits per heavy atom. The normalized spacial score (nSPS) is 19.9. The zero-order valence-electron chi connectivity index (χ0n) is 17.3. The molecule has 1 fully saturated rings. The molecule has 0 radical (unpaired) electrons. The monoisotopic (exact) mass is 378 g/mol. The molecular weight excluding hydrogens is 348 g/mol.